The molecular weight excluding hydrogens is 280 g/mol. The van der Waals surface area contributed by atoms with Crippen LogP contribution in [0, 0.1) is 0 Å². The van der Waals surface area contributed by atoms with Gasteiger partial charge in [0, 0.05) is 10.3 Å². The Hall–Kier alpha value is -1.89. The average molecular weight is 296 g/mol. The number of fused-ring (bicyclic) bond motifs is 1. The first-order valence-electron chi connectivity index (χ1n) is 6.39. The number of primary amides is 1. The first-order chi connectivity index (χ1) is 9.49. The molecule has 3 amide bonds. The van der Waals surface area contributed by atoms with Gasteiger partial charge in [0.15, 0.2) is 6.10 Å². The van der Waals surface area contributed by atoms with Crippen molar-refractivity contribution in [1.82, 2.24) is 5.32 Å². The van der Waals surface area contributed by atoms with Crippen molar-refractivity contribution in [3.05, 3.63) is 21.4 Å². The van der Waals surface area contributed by atoms with Crippen molar-refractivity contribution in [2.75, 3.05) is 0 Å². The summed E-state index contributed by atoms with van der Waals surface area (Å²) in [7, 11) is 0. The van der Waals surface area contributed by atoms with E-state index in [0.717, 1.165) is 31.2 Å². The minimum Gasteiger partial charge on any atom is -0.449 e. The molecule has 1 aliphatic rings. The van der Waals surface area contributed by atoms with Gasteiger partial charge in [-0.15, -0.1) is 11.3 Å². The van der Waals surface area contributed by atoms with Gasteiger partial charge in [-0.05, 0) is 38.2 Å². The highest BCUT2D eigenvalue weighted by Gasteiger charge is 2.25. The molecule has 0 aromatic carbocycles. The van der Waals surface area contributed by atoms with E-state index in [1.807, 2.05) is 5.32 Å². The number of hydrogen-bond donors (Lipinski definition) is 2. The highest BCUT2D eigenvalue weighted by atomic mass is 32.1. The maximum Gasteiger partial charge on any atom is 0.340 e. The Balaban J connectivity index is 2.03. The summed E-state index contributed by atoms with van der Waals surface area (Å²) in [5.41, 5.74) is 6.40. The molecule has 1 heterocycles. The van der Waals surface area contributed by atoms with Crippen LogP contribution in [-0.4, -0.2) is 24.0 Å². The standard InChI is InChI=1S/C13H16N2O4S/c1-7(11(16)15-13(14)18)19-12(17)9-6-20-10-5-3-2-4-8(9)10/h6-7H,2-5H2,1H3,(H3,14,15,16,18)/t7-/m0/s1. The third-order valence-electron chi connectivity index (χ3n) is 3.18. The molecule has 0 bridgehead atoms. The van der Waals surface area contributed by atoms with Crippen LogP contribution in [0.5, 0.6) is 0 Å². The first kappa shape index (κ1) is 14.5. The van der Waals surface area contributed by atoms with Crippen LogP contribution in [0.25, 0.3) is 0 Å². The fraction of sp³-hybridized carbons (Fsp3) is 0.462. The minimum absolute atomic E-state index is 0.531. The average Bonchev–Trinajstić information content (AvgIpc) is 2.81. The van der Waals surface area contributed by atoms with Gasteiger partial charge in [0.2, 0.25) is 0 Å². The molecule has 0 saturated carbocycles. The van der Waals surface area contributed by atoms with E-state index in [1.165, 1.54) is 11.8 Å². The number of urea groups is 1. The lowest BCUT2D eigenvalue weighted by atomic mass is 9.96. The zero-order valence-corrected chi connectivity index (χ0v) is 11.9. The van der Waals surface area contributed by atoms with Crippen molar-refractivity contribution < 1.29 is 19.1 Å². The van der Waals surface area contributed by atoms with Gasteiger partial charge >= 0.3 is 12.0 Å². The summed E-state index contributed by atoms with van der Waals surface area (Å²) in [5, 5.41) is 3.66. The lowest BCUT2D eigenvalue weighted by Gasteiger charge is -2.14. The van der Waals surface area contributed by atoms with E-state index < -0.39 is 24.0 Å². The number of hydrogen-bond acceptors (Lipinski definition) is 5. The summed E-state index contributed by atoms with van der Waals surface area (Å²) >= 11 is 1.55. The van der Waals surface area contributed by atoms with Crippen molar-refractivity contribution >= 4 is 29.2 Å². The molecule has 1 aliphatic carbocycles. The summed E-state index contributed by atoms with van der Waals surface area (Å²) in [6.45, 7) is 1.40. The van der Waals surface area contributed by atoms with Gasteiger partial charge in [0.25, 0.3) is 5.91 Å². The Kier molecular flexibility index (Phi) is 4.39. The van der Waals surface area contributed by atoms with Crippen LogP contribution >= 0.6 is 11.3 Å². The normalized spacial score (nSPS) is 15.1. The summed E-state index contributed by atoms with van der Waals surface area (Å²) in [6.07, 6.45) is 2.99. The molecule has 0 spiro atoms. The van der Waals surface area contributed by atoms with E-state index in [2.05, 4.69) is 0 Å². The number of carbonyl (C=O) groups excluding carboxylic acids is 3. The minimum atomic E-state index is -1.06. The zero-order valence-electron chi connectivity index (χ0n) is 11.1. The molecule has 108 valence electrons. The Bertz CT molecular complexity index is 553. The van der Waals surface area contributed by atoms with Crippen molar-refractivity contribution in [2.45, 2.75) is 38.7 Å². The van der Waals surface area contributed by atoms with Crippen LogP contribution in [0.4, 0.5) is 4.79 Å². The number of amides is 3. The number of esters is 1. The van der Waals surface area contributed by atoms with Gasteiger partial charge in [-0.25, -0.2) is 9.59 Å². The molecule has 0 unspecified atom stereocenters. The maximum atomic E-state index is 12.1. The highest BCUT2D eigenvalue weighted by Crippen LogP contribution is 2.30. The number of nitrogens with two attached hydrogens (primary N) is 1. The molecule has 2 rings (SSSR count). The zero-order chi connectivity index (χ0) is 14.7. The molecule has 0 aliphatic heterocycles. The molecule has 1 atom stereocenters. The van der Waals surface area contributed by atoms with Gasteiger partial charge in [0.05, 0.1) is 5.56 Å². The second-order valence-corrected chi connectivity index (χ2v) is 5.62. The van der Waals surface area contributed by atoms with Gasteiger partial charge in [-0.1, -0.05) is 0 Å². The second-order valence-electron chi connectivity index (χ2n) is 4.66. The van der Waals surface area contributed by atoms with Crippen molar-refractivity contribution in [3.8, 4) is 0 Å². The van der Waals surface area contributed by atoms with E-state index in [1.54, 1.807) is 16.7 Å². The lowest BCUT2D eigenvalue weighted by molar-refractivity contribution is -0.127. The van der Waals surface area contributed by atoms with Crippen molar-refractivity contribution in [1.29, 1.82) is 0 Å². The molecule has 6 nitrogen and oxygen atoms in total. The molecule has 0 fully saturated rings. The molecule has 0 saturated heterocycles. The van der Waals surface area contributed by atoms with E-state index in [4.69, 9.17) is 10.5 Å². The van der Waals surface area contributed by atoms with Crippen molar-refractivity contribution in [2.24, 2.45) is 5.73 Å². The quantitative estimate of drug-likeness (QED) is 0.823. The predicted molar refractivity (Wildman–Crippen MR) is 73.6 cm³/mol. The summed E-state index contributed by atoms with van der Waals surface area (Å²) in [4.78, 5) is 35.3. The Labute approximate surface area is 120 Å². The molecule has 1 aromatic heterocycles. The Morgan fingerprint density at radius 3 is 2.75 bits per heavy atom. The van der Waals surface area contributed by atoms with Crippen LogP contribution in [0.15, 0.2) is 5.38 Å². The molecule has 0 radical (unpaired) electrons. The van der Waals surface area contributed by atoms with Gasteiger partial charge in [0.1, 0.15) is 0 Å². The largest absolute Gasteiger partial charge is 0.449 e. The third-order valence-corrected chi connectivity index (χ3v) is 4.27. The Morgan fingerprint density at radius 2 is 2.05 bits per heavy atom. The molecular formula is C13H16N2O4S. The second kappa shape index (κ2) is 6.04. The van der Waals surface area contributed by atoms with E-state index in [9.17, 15) is 14.4 Å². The monoisotopic (exact) mass is 296 g/mol. The highest BCUT2D eigenvalue weighted by molar-refractivity contribution is 7.10. The number of thiophene rings is 1. The van der Waals surface area contributed by atoms with E-state index in [-0.39, 0.29) is 0 Å². The SMILES string of the molecule is C[C@H](OC(=O)c1csc2c1CCCC2)C(=O)NC(N)=O. The van der Waals surface area contributed by atoms with Crippen LogP contribution in [0.1, 0.15) is 40.6 Å². The molecule has 7 heteroatoms. The van der Waals surface area contributed by atoms with Gasteiger partial charge < -0.3 is 10.5 Å². The number of carbonyl (C=O) groups is 3. The van der Waals surface area contributed by atoms with Crippen molar-refractivity contribution in [3.63, 3.8) is 0 Å². The Morgan fingerprint density at radius 1 is 1.35 bits per heavy atom. The predicted octanol–water partition coefficient (Wildman–Crippen LogP) is 1.37. The third kappa shape index (κ3) is 3.16. The fourth-order valence-electron chi connectivity index (χ4n) is 2.17. The summed E-state index contributed by atoms with van der Waals surface area (Å²) < 4.78 is 5.07. The number of ether oxygens (including phenoxy) is 1. The first-order valence-corrected chi connectivity index (χ1v) is 7.27. The van der Waals surface area contributed by atoms with Crippen LogP contribution in [0.2, 0.25) is 0 Å². The fourth-order valence-corrected chi connectivity index (χ4v) is 3.28. The summed E-state index contributed by atoms with van der Waals surface area (Å²) in [6, 6.07) is -0.967. The molecule has 3 N–H and O–H groups in total. The molecule has 20 heavy (non-hydrogen) atoms. The smallest absolute Gasteiger partial charge is 0.340 e. The number of nitrogens with one attached hydrogen (secondary N) is 1. The van der Waals surface area contributed by atoms with Crippen LogP contribution in [0.3, 0.4) is 0 Å². The topological polar surface area (TPSA) is 98.5 Å². The van der Waals surface area contributed by atoms with Crippen LogP contribution in [-0.2, 0) is 22.4 Å². The number of rotatable bonds is 3. The van der Waals surface area contributed by atoms with Crippen LogP contribution < -0.4 is 11.1 Å². The van der Waals surface area contributed by atoms with Gasteiger partial charge in [-0.2, -0.15) is 0 Å². The lowest BCUT2D eigenvalue weighted by Crippen LogP contribution is -2.42. The number of aryl methyl sites for hydroxylation is 1. The van der Waals surface area contributed by atoms with E-state index >= 15 is 0 Å². The van der Waals surface area contributed by atoms with Gasteiger partial charge in [-0.3, -0.25) is 10.1 Å². The summed E-state index contributed by atoms with van der Waals surface area (Å²) in [5.74, 6) is -1.26. The number of imide groups is 1. The maximum absolute atomic E-state index is 12.1. The molecule has 1 aromatic rings. The van der Waals surface area contributed by atoms with E-state index in [0.29, 0.717) is 5.56 Å².